The SMILES string of the molecule is Cc1cc(S(=O)(=O)N(C)C)cc(NC(=O)Cc2coc3ccc4ccccc4c23)c1C. The number of fused-ring (bicyclic) bond motifs is 3. The molecule has 7 heteroatoms. The smallest absolute Gasteiger partial charge is 0.242 e. The lowest BCUT2D eigenvalue weighted by Crippen LogP contribution is -2.23. The van der Waals surface area contributed by atoms with Crippen molar-refractivity contribution in [3.63, 3.8) is 0 Å². The largest absolute Gasteiger partial charge is 0.464 e. The van der Waals surface area contributed by atoms with E-state index in [0.717, 1.165) is 42.7 Å². The van der Waals surface area contributed by atoms with E-state index in [1.807, 2.05) is 50.2 Å². The Morgan fingerprint density at radius 1 is 1.06 bits per heavy atom. The third-order valence-electron chi connectivity index (χ3n) is 5.58. The molecule has 0 saturated carbocycles. The van der Waals surface area contributed by atoms with Crippen molar-refractivity contribution in [1.29, 1.82) is 0 Å². The number of hydrogen-bond donors (Lipinski definition) is 1. The van der Waals surface area contributed by atoms with Gasteiger partial charge in [0.2, 0.25) is 15.9 Å². The van der Waals surface area contributed by atoms with Crippen LogP contribution >= 0.6 is 0 Å². The number of benzene rings is 3. The molecule has 0 atom stereocenters. The van der Waals surface area contributed by atoms with Gasteiger partial charge in [0, 0.05) is 30.7 Å². The Kier molecular flexibility index (Phi) is 5.33. The second-order valence-electron chi connectivity index (χ2n) is 7.85. The number of amides is 1. The first-order chi connectivity index (χ1) is 14.7. The third-order valence-corrected chi connectivity index (χ3v) is 7.38. The van der Waals surface area contributed by atoms with Crippen LogP contribution in [0.4, 0.5) is 5.69 Å². The number of nitrogens with one attached hydrogen (secondary N) is 1. The first kappa shape index (κ1) is 21.1. The van der Waals surface area contributed by atoms with Gasteiger partial charge in [0.25, 0.3) is 0 Å². The first-order valence-corrected chi connectivity index (χ1v) is 11.3. The first-order valence-electron chi connectivity index (χ1n) is 9.90. The molecule has 4 rings (SSSR count). The molecule has 0 aliphatic carbocycles. The van der Waals surface area contributed by atoms with Crippen molar-refractivity contribution in [2.75, 3.05) is 19.4 Å². The number of aryl methyl sites for hydroxylation is 1. The van der Waals surface area contributed by atoms with E-state index in [2.05, 4.69) is 5.32 Å². The zero-order chi connectivity index (χ0) is 22.3. The molecule has 1 heterocycles. The highest BCUT2D eigenvalue weighted by molar-refractivity contribution is 7.89. The highest BCUT2D eigenvalue weighted by Gasteiger charge is 2.21. The van der Waals surface area contributed by atoms with Crippen LogP contribution in [0.3, 0.4) is 0 Å². The van der Waals surface area contributed by atoms with Crippen molar-refractivity contribution in [3.8, 4) is 0 Å². The minimum absolute atomic E-state index is 0.115. The molecule has 1 N–H and O–H groups in total. The summed E-state index contributed by atoms with van der Waals surface area (Å²) in [6, 6.07) is 15.0. The van der Waals surface area contributed by atoms with E-state index in [-0.39, 0.29) is 17.2 Å². The second kappa shape index (κ2) is 7.83. The van der Waals surface area contributed by atoms with Gasteiger partial charge in [0.05, 0.1) is 17.6 Å². The Labute approximate surface area is 181 Å². The van der Waals surface area contributed by atoms with Crippen LogP contribution in [0.15, 0.2) is 64.1 Å². The van der Waals surface area contributed by atoms with E-state index in [9.17, 15) is 13.2 Å². The molecule has 6 nitrogen and oxygen atoms in total. The van der Waals surface area contributed by atoms with Gasteiger partial charge >= 0.3 is 0 Å². The average Bonchev–Trinajstić information content (AvgIpc) is 3.14. The van der Waals surface area contributed by atoms with Crippen molar-refractivity contribution in [3.05, 3.63) is 71.5 Å². The predicted octanol–water partition coefficient (Wildman–Crippen LogP) is 4.63. The van der Waals surface area contributed by atoms with Gasteiger partial charge in [0.1, 0.15) is 5.58 Å². The summed E-state index contributed by atoms with van der Waals surface area (Å²) >= 11 is 0. The van der Waals surface area contributed by atoms with Gasteiger partial charge in [0.15, 0.2) is 0 Å². The highest BCUT2D eigenvalue weighted by Crippen LogP contribution is 2.31. The van der Waals surface area contributed by atoms with Crippen LogP contribution in [0.1, 0.15) is 16.7 Å². The van der Waals surface area contributed by atoms with E-state index in [0.29, 0.717) is 5.69 Å². The zero-order valence-electron chi connectivity index (χ0n) is 17.9. The van der Waals surface area contributed by atoms with Crippen LogP contribution in [-0.4, -0.2) is 32.7 Å². The van der Waals surface area contributed by atoms with Gasteiger partial charge in [-0.05, 0) is 53.9 Å². The Bertz CT molecular complexity index is 1420. The van der Waals surface area contributed by atoms with Gasteiger partial charge in [-0.1, -0.05) is 30.3 Å². The van der Waals surface area contributed by atoms with E-state index < -0.39 is 10.0 Å². The zero-order valence-corrected chi connectivity index (χ0v) is 18.7. The minimum atomic E-state index is -3.61. The maximum Gasteiger partial charge on any atom is 0.242 e. The number of sulfonamides is 1. The molecule has 0 radical (unpaired) electrons. The molecule has 4 aromatic rings. The number of carbonyl (C=O) groups is 1. The molecule has 0 fully saturated rings. The second-order valence-corrected chi connectivity index (χ2v) is 10.00. The summed E-state index contributed by atoms with van der Waals surface area (Å²) in [4.78, 5) is 13.1. The van der Waals surface area contributed by atoms with Gasteiger partial charge in [-0.3, -0.25) is 4.79 Å². The number of hydrogen-bond acceptors (Lipinski definition) is 4. The van der Waals surface area contributed by atoms with Crippen LogP contribution in [-0.2, 0) is 21.2 Å². The third kappa shape index (κ3) is 3.82. The number of nitrogens with zero attached hydrogens (tertiary/aromatic N) is 1. The predicted molar refractivity (Wildman–Crippen MR) is 123 cm³/mol. The van der Waals surface area contributed by atoms with Crippen molar-refractivity contribution in [2.24, 2.45) is 0 Å². The Morgan fingerprint density at radius 3 is 2.55 bits per heavy atom. The molecule has 0 saturated heterocycles. The van der Waals surface area contributed by atoms with Crippen LogP contribution in [0, 0.1) is 13.8 Å². The summed E-state index contributed by atoms with van der Waals surface area (Å²) in [7, 11) is -0.644. The topological polar surface area (TPSA) is 79.6 Å². The van der Waals surface area contributed by atoms with Crippen molar-refractivity contribution < 1.29 is 17.6 Å². The summed E-state index contributed by atoms with van der Waals surface area (Å²) in [6.07, 6.45) is 1.73. The minimum Gasteiger partial charge on any atom is -0.464 e. The van der Waals surface area contributed by atoms with Crippen molar-refractivity contribution in [1.82, 2.24) is 4.31 Å². The number of carbonyl (C=O) groups excluding carboxylic acids is 1. The quantitative estimate of drug-likeness (QED) is 0.494. The van der Waals surface area contributed by atoms with E-state index in [1.165, 1.54) is 20.2 Å². The van der Waals surface area contributed by atoms with Gasteiger partial charge in [-0.25, -0.2) is 12.7 Å². The molecule has 1 aromatic heterocycles. The average molecular weight is 437 g/mol. The van der Waals surface area contributed by atoms with E-state index in [1.54, 1.807) is 12.3 Å². The Morgan fingerprint density at radius 2 is 1.81 bits per heavy atom. The fourth-order valence-corrected chi connectivity index (χ4v) is 4.70. The fraction of sp³-hybridized carbons (Fsp3) is 0.208. The molecule has 1 amide bonds. The van der Waals surface area contributed by atoms with Crippen LogP contribution in [0.25, 0.3) is 21.7 Å². The fourth-order valence-electron chi connectivity index (χ4n) is 3.69. The monoisotopic (exact) mass is 436 g/mol. The maximum atomic E-state index is 12.9. The molecule has 0 bridgehead atoms. The number of anilines is 1. The Balaban J connectivity index is 1.67. The molecule has 3 aromatic carbocycles. The number of furan rings is 1. The lowest BCUT2D eigenvalue weighted by atomic mass is 10.0. The maximum absolute atomic E-state index is 12.9. The Hall–Kier alpha value is -3.16. The van der Waals surface area contributed by atoms with Crippen LogP contribution in [0.5, 0.6) is 0 Å². The lowest BCUT2D eigenvalue weighted by molar-refractivity contribution is -0.115. The molecule has 160 valence electrons. The highest BCUT2D eigenvalue weighted by atomic mass is 32.2. The molecule has 0 aliphatic heterocycles. The van der Waals surface area contributed by atoms with Crippen molar-refractivity contribution >= 4 is 43.4 Å². The van der Waals surface area contributed by atoms with Gasteiger partial charge in [-0.15, -0.1) is 0 Å². The van der Waals surface area contributed by atoms with Gasteiger partial charge in [-0.2, -0.15) is 0 Å². The number of rotatable bonds is 5. The standard InChI is InChI=1S/C24H24N2O4S/c1-15-11-19(31(28,29)26(3)4)13-21(16(15)2)25-23(27)12-18-14-30-22-10-9-17-7-5-6-8-20(17)24(18)22/h5-11,13-14H,12H2,1-4H3,(H,25,27). The molecular formula is C24H24N2O4S. The molecule has 0 aliphatic rings. The molecule has 0 spiro atoms. The van der Waals surface area contributed by atoms with Crippen molar-refractivity contribution in [2.45, 2.75) is 25.2 Å². The summed E-state index contributed by atoms with van der Waals surface area (Å²) in [5.74, 6) is -0.238. The van der Waals surface area contributed by atoms with Crippen LogP contribution in [0.2, 0.25) is 0 Å². The van der Waals surface area contributed by atoms with Gasteiger partial charge < -0.3 is 9.73 Å². The normalized spacial score (nSPS) is 12.0. The molecular weight excluding hydrogens is 412 g/mol. The summed E-state index contributed by atoms with van der Waals surface area (Å²) in [6.45, 7) is 3.69. The van der Waals surface area contributed by atoms with Crippen LogP contribution < -0.4 is 5.32 Å². The van der Waals surface area contributed by atoms with E-state index >= 15 is 0 Å². The summed E-state index contributed by atoms with van der Waals surface area (Å²) < 4.78 is 32.0. The van der Waals surface area contributed by atoms with E-state index in [4.69, 9.17) is 4.42 Å². The summed E-state index contributed by atoms with van der Waals surface area (Å²) in [5, 5.41) is 5.92. The lowest BCUT2D eigenvalue weighted by Gasteiger charge is -2.16. The summed E-state index contributed by atoms with van der Waals surface area (Å²) in [5.41, 5.74) is 3.62. The molecule has 0 unspecified atom stereocenters. The molecule has 31 heavy (non-hydrogen) atoms.